The summed E-state index contributed by atoms with van der Waals surface area (Å²) in [6, 6.07) is 30.8. The van der Waals surface area contributed by atoms with Crippen LogP contribution in [0.15, 0.2) is 78.9 Å². The SMILES string of the molecule is CC(C)(C)C1CC2c3cc(CCC#N)ccc3CC2C1(C#CC(O)C1CCCCC1)O[SiH](c1ccccc1)c1ccccc1. The molecule has 0 heterocycles. The third-order valence-corrected chi connectivity index (χ3v) is 13.3. The van der Waals surface area contributed by atoms with Crippen molar-refractivity contribution in [3.8, 4) is 17.9 Å². The quantitative estimate of drug-likeness (QED) is 0.242. The minimum absolute atomic E-state index is 0.0419. The maximum absolute atomic E-state index is 11.5. The Kier molecular flexibility index (Phi) is 9.16. The molecule has 3 nitrogen and oxygen atoms in total. The van der Waals surface area contributed by atoms with E-state index in [-0.39, 0.29) is 23.2 Å². The molecule has 3 aromatic rings. The molecular formula is C40H47NO2Si. The van der Waals surface area contributed by atoms with E-state index < -0.39 is 20.7 Å². The van der Waals surface area contributed by atoms with Gasteiger partial charge in [-0.25, -0.2) is 0 Å². The maximum atomic E-state index is 11.5. The average Bonchev–Trinajstić information content (AvgIpc) is 3.57. The fourth-order valence-electron chi connectivity index (χ4n) is 8.47. The maximum Gasteiger partial charge on any atom is 0.241 e. The van der Waals surface area contributed by atoms with Crippen LogP contribution in [0.3, 0.4) is 0 Å². The molecule has 5 unspecified atom stereocenters. The monoisotopic (exact) mass is 601 g/mol. The van der Waals surface area contributed by atoms with E-state index >= 15 is 0 Å². The second-order valence-corrected chi connectivity index (χ2v) is 16.8. The van der Waals surface area contributed by atoms with Crippen LogP contribution in [0.5, 0.6) is 0 Å². The number of benzene rings is 3. The Hall–Kier alpha value is -3.15. The number of aliphatic hydroxyl groups is 1. The van der Waals surface area contributed by atoms with E-state index in [4.69, 9.17) is 4.43 Å². The first kappa shape index (κ1) is 30.9. The molecule has 3 aliphatic rings. The second kappa shape index (κ2) is 13.1. The fraction of sp³-hybridized carbons (Fsp3) is 0.475. The van der Waals surface area contributed by atoms with E-state index in [9.17, 15) is 10.4 Å². The van der Waals surface area contributed by atoms with Gasteiger partial charge in [-0.05, 0) is 76.4 Å². The van der Waals surface area contributed by atoms with Crippen LogP contribution in [-0.2, 0) is 17.3 Å². The van der Waals surface area contributed by atoms with Crippen molar-refractivity contribution in [1.82, 2.24) is 0 Å². The van der Waals surface area contributed by atoms with Crippen LogP contribution in [0.2, 0.25) is 0 Å². The minimum atomic E-state index is -2.17. The average molecular weight is 602 g/mol. The summed E-state index contributed by atoms with van der Waals surface area (Å²) in [7, 11) is -2.17. The van der Waals surface area contributed by atoms with Gasteiger partial charge >= 0.3 is 0 Å². The Bertz CT molecular complexity index is 1480. The lowest BCUT2D eigenvalue weighted by molar-refractivity contribution is 0.00127. The number of aryl methyl sites for hydroxylation is 1. The normalized spacial score (nSPS) is 25.5. The van der Waals surface area contributed by atoms with Gasteiger partial charge in [0.15, 0.2) is 0 Å². The molecule has 0 aromatic heterocycles. The van der Waals surface area contributed by atoms with Crippen molar-refractivity contribution in [2.24, 2.45) is 23.2 Å². The smallest absolute Gasteiger partial charge is 0.241 e. The first-order valence-electron chi connectivity index (χ1n) is 16.8. The van der Waals surface area contributed by atoms with Crippen LogP contribution in [0.1, 0.15) is 88.3 Å². The summed E-state index contributed by atoms with van der Waals surface area (Å²) in [6.45, 7) is 7.05. The summed E-state index contributed by atoms with van der Waals surface area (Å²) in [5.41, 5.74) is 3.34. The highest BCUT2D eigenvalue weighted by atomic mass is 28.3. The van der Waals surface area contributed by atoms with Crippen LogP contribution >= 0.6 is 0 Å². The topological polar surface area (TPSA) is 53.2 Å². The molecule has 5 atom stereocenters. The van der Waals surface area contributed by atoms with Gasteiger partial charge in [0.25, 0.3) is 0 Å². The molecule has 0 spiro atoms. The van der Waals surface area contributed by atoms with Gasteiger partial charge in [-0.1, -0.05) is 131 Å². The number of hydrogen-bond donors (Lipinski definition) is 1. The Labute approximate surface area is 266 Å². The van der Waals surface area contributed by atoms with Gasteiger partial charge < -0.3 is 9.53 Å². The van der Waals surface area contributed by atoms with E-state index in [0.29, 0.717) is 12.3 Å². The molecule has 0 amide bonds. The van der Waals surface area contributed by atoms with Crippen molar-refractivity contribution in [2.45, 2.75) is 96.2 Å². The summed E-state index contributed by atoms with van der Waals surface area (Å²) in [6.07, 6.45) is 8.39. The van der Waals surface area contributed by atoms with E-state index in [1.807, 2.05) is 0 Å². The highest BCUT2D eigenvalue weighted by molar-refractivity contribution is 6.80. The molecular weight excluding hydrogens is 555 g/mol. The van der Waals surface area contributed by atoms with E-state index in [2.05, 4.69) is 118 Å². The molecule has 0 saturated heterocycles. The molecule has 3 aliphatic carbocycles. The molecule has 4 heteroatoms. The molecule has 44 heavy (non-hydrogen) atoms. The molecule has 0 radical (unpaired) electrons. The van der Waals surface area contributed by atoms with Gasteiger partial charge in [-0.15, -0.1) is 0 Å². The Balaban J connectivity index is 1.48. The van der Waals surface area contributed by atoms with Gasteiger partial charge in [0, 0.05) is 18.3 Å². The zero-order valence-electron chi connectivity index (χ0n) is 26.6. The lowest BCUT2D eigenvalue weighted by atomic mass is 9.70. The fourth-order valence-corrected chi connectivity index (χ4v) is 11.1. The zero-order valence-corrected chi connectivity index (χ0v) is 27.8. The van der Waals surface area contributed by atoms with Crippen molar-refractivity contribution >= 4 is 19.4 Å². The van der Waals surface area contributed by atoms with Gasteiger partial charge in [0.2, 0.25) is 9.04 Å². The van der Waals surface area contributed by atoms with Crippen molar-refractivity contribution < 1.29 is 9.53 Å². The summed E-state index contributed by atoms with van der Waals surface area (Å²) in [5.74, 6) is 8.34. The highest BCUT2D eigenvalue weighted by Crippen LogP contribution is 2.61. The van der Waals surface area contributed by atoms with E-state index in [0.717, 1.165) is 32.1 Å². The third kappa shape index (κ3) is 6.19. The van der Waals surface area contributed by atoms with Crippen molar-refractivity contribution in [1.29, 1.82) is 5.26 Å². The molecule has 6 rings (SSSR count). The summed E-state index contributed by atoms with van der Waals surface area (Å²) < 4.78 is 7.80. The number of nitrogens with zero attached hydrogens (tertiary/aromatic N) is 1. The standard InChI is InChI=1S/C40H47NO2Si/c1-39(2,3)38-28-35-34-26-29(14-13-25-41)21-22-31(34)27-36(35)40(38,24-23-37(42)30-15-7-4-8-16-30)43-44(32-17-9-5-10-18-32)33-19-11-6-12-20-33/h5-6,9-12,17-22,26,30,35-38,42,44H,4,7-8,13-16,27-28H2,1-3H3. The Morgan fingerprint density at radius 3 is 2.23 bits per heavy atom. The Morgan fingerprint density at radius 1 is 0.955 bits per heavy atom. The number of fused-ring (bicyclic) bond motifs is 3. The predicted molar refractivity (Wildman–Crippen MR) is 181 cm³/mol. The highest BCUT2D eigenvalue weighted by Gasteiger charge is 2.61. The van der Waals surface area contributed by atoms with Crippen molar-refractivity contribution in [2.75, 3.05) is 0 Å². The first-order chi connectivity index (χ1) is 21.3. The first-order valence-corrected chi connectivity index (χ1v) is 18.4. The van der Waals surface area contributed by atoms with Gasteiger partial charge in [-0.2, -0.15) is 5.26 Å². The zero-order chi connectivity index (χ0) is 30.7. The molecule has 3 aromatic carbocycles. The van der Waals surface area contributed by atoms with Crippen LogP contribution in [-0.4, -0.2) is 25.9 Å². The Morgan fingerprint density at radius 2 is 1.61 bits per heavy atom. The lowest BCUT2D eigenvalue weighted by Crippen LogP contribution is -2.57. The third-order valence-electron chi connectivity index (χ3n) is 10.7. The number of hydrogen-bond acceptors (Lipinski definition) is 3. The van der Waals surface area contributed by atoms with Crippen LogP contribution in [0, 0.1) is 46.3 Å². The predicted octanol–water partition coefficient (Wildman–Crippen LogP) is 6.70. The van der Waals surface area contributed by atoms with Crippen LogP contribution < -0.4 is 10.4 Å². The number of rotatable bonds is 7. The molecule has 0 aliphatic heterocycles. The minimum Gasteiger partial charge on any atom is -0.394 e. The van der Waals surface area contributed by atoms with Crippen molar-refractivity contribution in [3.05, 3.63) is 95.6 Å². The lowest BCUT2D eigenvalue weighted by Gasteiger charge is -2.44. The summed E-state index contributed by atoms with van der Waals surface area (Å²) >= 11 is 0. The van der Waals surface area contributed by atoms with Gasteiger partial charge in [0.1, 0.15) is 11.7 Å². The molecule has 228 valence electrons. The molecule has 2 saturated carbocycles. The van der Waals surface area contributed by atoms with E-state index in [1.165, 1.54) is 46.3 Å². The summed E-state index contributed by atoms with van der Waals surface area (Å²) in [4.78, 5) is 0. The van der Waals surface area contributed by atoms with Crippen LogP contribution in [0.25, 0.3) is 0 Å². The second-order valence-electron chi connectivity index (χ2n) is 14.5. The number of nitriles is 1. The summed E-state index contributed by atoms with van der Waals surface area (Å²) in [5, 5.41) is 23.3. The van der Waals surface area contributed by atoms with Crippen molar-refractivity contribution in [3.63, 3.8) is 0 Å². The van der Waals surface area contributed by atoms with Crippen LogP contribution in [0.4, 0.5) is 0 Å². The molecule has 2 fully saturated rings. The molecule has 0 bridgehead atoms. The largest absolute Gasteiger partial charge is 0.394 e. The molecule has 1 N–H and O–H groups in total. The van der Waals surface area contributed by atoms with E-state index in [1.54, 1.807) is 0 Å². The van der Waals surface area contributed by atoms with Gasteiger partial charge in [-0.3, -0.25) is 0 Å². The number of aliphatic hydroxyl groups excluding tert-OH is 1. The van der Waals surface area contributed by atoms with Gasteiger partial charge in [0.05, 0.1) is 6.07 Å².